The third kappa shape index (κ3) is 3.20. The summed E-state index contributed by atoms with van der Waals surface area (Å²) in [5, 5.41) is 0. The van der Waals surface area contributed by atoms with E-state index in [1.54, 1.807) is 7.11 Å². The van der Waals surface area contributed by atoms with Gasteiger partial charge in [0.1, 0.15) is 0 Å². The first-order chi connectivity index (χ1) is 6.03. The van der Waals surface area contributed by atoms with Crippen LogP contribution in [-0.2, 0) is 10.5 Å². The molecule has 2 nitrogen and oxygen atoms in total. The van der Waals surface area contributed by atoms with Crippen molar-refractivity contribution in [1.29, 1.82) is 0 Å². The van der Waals surface area contributed by atoms with Crippen LogP contribution in [0.5, 0.6) is 0 Å². The van der Waals surface area contributed by atoms with Crippen molar-refractivity contribution >= 4 is 14.0 Å². The zero-order chi connectivity index (χ0) is 9.90. The SMILES string of the molecule is CO[Si](C)(C)Cc1ccc(N)cc1. The Morgan fingerprint density at radius 3 is 2.23 bits per heavy atom. The summed E-state index contributed by atoms with van der Waals surface area (Å²) < 4.78 is 5.48. The van der Waals surface area contributed by atoms with Crippen LogP contribution in [0.4, 0.5) is 5.69 Å². The average molecular weight is 195 g/mol. The number of nitrogen functional groups attached to an aromatic ring is 1. The molecule has 0 aliphatic heterocycles. The molecule has 0 heterocycles. The number of nitrogens with two attached hydrogens (primary N) is 1. The summed E-state index contributed by atoms with van der Waals surface area (Å²) in [6.45, 7) is 4.42. The van der Waals surface area contributed by atoms with Crippen LogP contribution in [0.15, 0.2) is 24.3 Å². The van der Waals surface area contributed by atoms with E-state index in [0.717, 1.165) is 11.7 Å². The highest BCUT2D eigenvalue weighted by Crippen LogP contribution is 2.13. The molecule has 1 rings (SSSR count). The monoisotopic (exact) mass is 195 g/mol. The van der Waals surface area contributed by atoms with Crippen LogP contribution in [0.1, 0.15) is 5.56 Å². The molecular formula is C10H17NOSi. The van der Waals surface area contributed by atoms with Crippen LogP contribution in [0.3, 0.4) is 0 Å². The van der Waals surface area contributed by atoms with Crippen molar-refractivity contribution < 1.29 is 4.43 Å². The van der Waals surface area contributed by atoms with Crippen LogP contribution < -0.4 is 5.73 Å². The standard InChI is InChI=1S/C10H17NOSi/c1-12-13(2,3)8-9-4-6-10(11)7-5-9/h4-7H,8,11H2,1-3H3. The lowest BCUT2D eigenvalue weighted by atomic mass is 10.2. The Morgan fingerprint density at radius 1 is 1.23 bits per heavy atom. The largest absolute Gasteiger partial charge is 0.420 e. The van der Waals surface area contributed by atoms with E-state index in [-0.39, 0.29) is 0 Å². The maximum Gasteiger partial charge on any atom is 0.190 e. The maximum absolute atomic E-state index is 5.60. The highest BCUT2D eigenvalue weighted by Gasteiger charge is 2.20. The Bertz CT molecular complexity index is 269. The highest BCUT2D eigenvalue weighted by atomic mass is 28.4. The lowest BCUT2D eigenvalue weighted by Gasteiger charge is -2.19. The van der Waals surface area contributed by atoms with Gasteiger partial charge in [-0.2, -0.15) is 0 Å². The molecule has 0 amide bonds. The quantitative estimate of drug-likeness (QED) is 0.593. The summed E-state index contributed by atoms with van der Waals surface area (Å²) in [5.74, 6) is 0. The molecule has 1 aromatic carbocycles. The molecule has 0 aliphatic carbocycles. The van der Waals surface area contributed by atoms with Crippen molar-refractivity contribution in [3.63, 3.8) is 0 Å². The van der Waals surface area contributed by atoms with Crippen molar-refractivity contribution in [2.45, 2.75) is 19.1 Å². The zero-order valence-corrected chi connectivity index (χ0v) is 9.50. The van der Waals surface area contributed by atoms with Crippen LogP contribution in [0.25, 0.3) is 0 Å². The van der Waals surface area contributed by atoms with Gasteiger partial charge in [-0.3, -0.25) is 0 Å². The molecule has 0 radical (unpaired) electrons. The van der Waals surface area contributed by atoms with Gasteiger partial charge in [-0.1, -0.05) is 12.1 Å². The minimum Gasteiger partial charge on any atom is -0.420 e. The second-order valence-corrected chi connectivity index (χ2v) is 8.16. The molecule has 0 saturated carbocycles. The Balaban J connectivity index is 2.69. The van der Waals surface area contributed by atoms with Gasteiger partial charge in [0, 0.05) is 12.8 Å². The predicted molar refractivity (Wildman–Crippen MR) is 59.0 cm³/mol. The van der Waals surface area contributed by atoms with E-state index in [2.05, 4.69) is 25.2 Å². The summed E-state index contributed by atoms with van der Waals surface area (Å²) in [4.78, 5) is 0. The molecule has 0 spiro atoms. The molecule has 13 heavy (non-hydrogen) atoms. The highest BCUT2D eigenvalue weighted by molar-refractivity contribution is 6.70. The van der Waals surface area contributed by atoms with E-state index in [1.165, 1.54) is 5.56 Å². The van der Waals surface area contributed by atoms with E-state index in [1.807, 2.05) is 12.1 Å². The number of anilines is 1. The molecule has 0 atom stereocenters. The molecule has 72 valence electrons. The molecule has 3 heteroatoms. The number of hydrogen-bond donors (Lipinski definition) is 1. The van der Waals surface area contributed by atoms with E-state index in [9.17, 15) is 0 Å². The minimum atomic E-state index is -1.48. The van der Waals surface area contributed by atoms with E-state index < -0.39 is 8.32 Å². The molecular weight excluding hydrogens is 178 g/mol. The van der Waals surface area contributed by atoms with Crippen molar-refractivity contribution in [1.82, 2.24) is 0 Å². The van der Waals surface area contributed by atoms with Gasteiger partial charge in [0.05, 0.1) is 0 Å². The van der Waals surface area contributed by atoms with Crippen LogP contribution in [0, 0.1) is 0 Å². The number of benzene rings is 1. The van der Waals surface area contributed by atoms with Crippen molar-refractivity contribution in [3.05, 3.63) is 29.8 Å². The van der Waals surface area contributed by atoms with Crippen molar-refractivity contribution in [3.8, 4) is 0 Å². The molecule has 0 aromatic heterocycles. The molecule has 0 unspecified atom stereocenters. The summed E-state index contributed by atoms with van der Waals surface area (Å²) in [6.07, 6.45) is 0. The second-order valence-electron chi connectivity index (χ2n) is 3.88. The molecule has 0 bridgehead atoms. The van der Waals surface area contributed by atoms with Crippen LogP contribution in [0.2, 0.25) is 13.1 Å². The fourth-order valence-electron chi connectivity index (χ4n) is 1.20. The molecule has 1 aromatic rings. The van der Waals surface area contributed by atoms with E-state index in [0.29, 0.717) is 0 Å². The lowest BCUT2D eigenvalue weighted by Crippen LogP contribution is -2.32. The van der Waals surface area contributed by atoms with Crippen LogP contribution in [-0.4, -0.2) is 15.4 Å². The van der Waals surface area contributed by atoms with Crippen molar-refractivity contribution in [2.75, 3.05) is 12.8 Å². The molecule has 0 aliphatic rings. The van der Waals surface area contributed by atoms with Crippen molar-refractivity contribution in [2.24, 2.45) is 0 Å². The lowest BCUT2D eigenvalue weighted by molar-refractivity contribution is 0.403. The van der Waals surface area contributed by atoms with Gasteiger partial charge in [0.2, 0.25) is 0 Å². The van der Waals surface area contributed by atoms with Gasteiger partial charge in [-0.15, -0.1) is 0 Å². The van der Waals surface area contributed by atoms with Gasteiger partial charge < -0.3 is 10.2 Å². The predicted octanol–water partition coefficient (Wildman–Crippen LogP) is 2.20. The fraction of sp³-hybridized carbons (Fsp3) is 0.400. The second kappa shape index (κ2) is 3.94. The first-order valence-corrected chi connectivity index (χ1v) is 7.54. The topological polar surface area (TPSA) is 35.2 Å². The third-order valence-corrected chi connectivity index (χ3v) is 4.53. The Hall–Kier alpha value is -0.803. The van der Waals surface area contributed by atoms with Gasteiger partial charge in [-0.25, -0.2) is 0 Å². The summed E-state index contributed by atoms with van der Waals surface area (Å²) in [6, 6.07) is 9.07. The summed E-state index contributed by atoms with van der Waals surface area (Å²) in [5.41, 5.74) is 7.74. The average Bonchev–Trinajstić information content (AvgIpc) is 2.09. The fourth-order valence-corrected chi connectivity index (χ4v) is 2.56. The van der Waals surface area contributed by atoms with Gasteiger partial charge in [0.15, 0.2) is 8.32 Å². The zero-order valence-electron chi connectivity index (χ0n) is 8.50. The van der Waals surface area contributed by atoms with E-state index in [4.69, 9.17) is 10.2 Å². The molecule has 0 saturated heterocycles. The van der Waals surface area contributed by atoms with Gasteiger partial charge >= 0.3 is 0 Å². The van der Waals surface area contributed by atoms with Gasteiger partial charge in [-0.05, 0) is 36.8 Å². The maximum atomic E-state index is 5.60. The van der Waals surface area contributed by atoms with Gasteiger partial charge in [0.25, 0.3) is 0 Å². The Labute approximate surface area is 80.8 Å². The number of rotatable bonds is 3. The smallest absolute Gasteiger partial charge is 0.190 e. The normalized spacial score (nSPS) is 11.6. The minimum absolute atomic E-state index is 0.820. The summed E-state index contributed by atoms with van der Waals surface area (Å²) in [7, 11) is 0.319. The van der Waals surface area contributed by atoms with E-state index >= 15 is 0 Å². The number of hydrogen-bond acceptors (Lipinski definition) is 2. The first-order valence-electron chi connectivity index (χ1n) is 4.43. The Kier molecular flexibility index (Phi) is 3.11. The van der Waals surface area contributed by atoms with Crippen LogP contribution >= 0.6 is 0 Å². The Morgan fingerprint density at radius 2 is 1.77 bits per heavy atom. The molecule has 0 fully saturated rings. The molecule has 2 N–H and O–H groups in total. The summed E-state index contributed by atoms with van der Waals surface area (Å²) >= 11 is 0. The first kappa shape index (κ1) is 10.3. The third-order valence-electron chi connectivity index (χ3n) is 2.16.